The average molecular weight is 845 g/mol. The zero-order chi connectivity index (χ0) is 43.7. The Kier molecular flexibility index (Phi) is 37.1. The lowest BCUT2D eigenvalue weighted by Crippen LogP contribution is -2.28. The molecule has 1 rings (SSSR count). The molecule has 0 saturated carbocycles. The first kappa shape index (κ1) is 55.3. The van der Waals surface area contributed by atoms with Crippen molar-refractivity contribution >= 4 is 23.4 Å². The number of ether oxygens (including phenoxy) is 2. The zero-order valence-electron chi connectivity index (χ0n) is 39.3. The number of unbranched alkanes of at least 4 members (excludes halogenated alkanes) is 16. The van der Waals surface area contributed by atoms with Crippen LogP contribution in [0.2, 0.25) is 0 Å². The van der Waals surface area contributed by atoms with E-state index in [1.807, 2.05) is 0 Å². The third-order valence-corrected chi connectivity index (χ3v) is 12.1. The van der Waals surface area contributed by atoms with Gasteiger partial charge in [-0.3, -0.25) is 19.7 Å². The van der Waals surface area contributed by atoms with Gasteiger partial charge < -0.3 is 19.7 Å². The van der Waals surface area contributed by atoms with Gasteiger partial charge in [0.25, 0.3) is 0 Å². The number of nitrogens with zero attached hydrogens (tertiary/aromatic N) is 3. The van der Waals surface area contributed by atoms with E-state index in [1.165, 1.54) is 109 Å². The summed E-state index contributed by atoms with van der Waals surface area (Å²) >= 11 is 0. The predicted octanol–water partition coefficient (Wildman–Crippen LogP) is 14.2. The maximum absolute atomic E-state index is 12.4. The fourth-order valence-corrected chi connectivity index (χ4v) is 8.22. The number of nitro groups is 1. The number of pyridine rings is 1. The SMILES string of the molecule is CCCCCC(CCCCC)CCOC(=O)CCCCCCCN(CCCCCCCC(=O)OCCC(CCCCC)CCCCC)CCCNc1ncccc1[N+](=O)[O-]. The van der Waals surface area contributed by atoms with Gasteiger partial charge in [0.2, 0.25) is 5.82 Å². The zero-order valence-corrected chi connectivity index (χ0v) is 39.3. The van der Waals surface area contributed by atoms with Crippen LogP contribution in [0.4, 0.5) is 11.5 Å². The summed E-state index contributed by atoms with van der Waals surface area (Å²) in [7, 11) is 0. The third kappa shape index (κ3) is 32.0. The maximum Gasteiger partial charge on any atom is 0.311 e. The van der Waals surface area contributed by atoms with Crippen LogP contribution in [0.1, 0.15) is 227 Å². The van der Waals surface area contributed by atoms with Crippen molar-refractivity contribution in [3.05, 3.63) is 28.4 Å². The van der Waals surface area contributed by atoms with Gasteiger partial charge in [-0.2, -0.15) is 0 Å². The monoisotopic (exact) mass is 845 g/mol. The molecule has 1 heterocycles. The summed E-state index contributed by atoms with van der Waals surface area (Å²) in [5.74, 6) is 1.61. The molecule has 10 heteroatoms. The Morgan fingerprint density at radius 3 is 1.45 bits per heavy atom. The number of hydrogen-bond donors (Lipinski definition) is 1. The number of rotatable bonds is 44. The molecule has 0 bridgehead atoms. The van der Waals surface area contributed by atoms with Crippen LogP contribution in [-0.4, -0.2) is 66.1 Å². The van der Waals surface area contributed by atoms with Crippen LogP contribution in [0.25, 0.3) is 0 Å². The van der Waals surface area contributed by atoms with Crippen molar-refractivity contribution in [3.63, 3.8) is 0 Å². The highest BCUT2D eigenvalue weighted by atomic mass is 16.6. The molecule has 10 nitrogen and oxygen atoms in total. The molecule has 1 aromatic heterocycles. The van der Waals surface area contributed by atoms with Crippen molar-refractivity contribution in [1.82, 2.24) is 9.88 Å². The van der Waals surface area contributed by atoms with E-state index in [-0.39, 0.29) is 17.6 Å². The van der Waals surface area contributed by atoms with Crippen LogP contribution in [0.15, 0.2) is 18.3 Å². The Balaban J connectivity index is 2.38. The fraction of sp³-hybridized carbons (Fsp3) is 0.860. The Labute approximate surface area is 368 Å². The van der Waals surface area contributed by atoms with E-state index >= 15 is 0 Å². The normalized spacial score (nSPS) is 11.5. The second kappa shape index (κ2) is 40.3. The Morgan fingerprint density at radius 2 is 1.02 bits per heavy atom. The van der Waals surface area contributed by atoms with Crippen LogP contribution < -0.4 is 5.32 Å². The minimum Gasteiger partial charge on any atom is -0.466 e. The second-order valence-corrected chi connectivity index (χ2v) is 17.5. The maximum atomic E-state index is 12.4. The van der Waals surface area contributed by atoms with E-state index in [0.717, 1.165) is 103 Å². The van der Waals surface area contributed by atoms with Crippen LogP contribution in [-0.2, 0) is 19.1 Å². The highest BCUT2D eigenvalue weighted by molar-refractivity contribution is 5.69. The molecular formula is C50H92N4O6. The lowest BCUT2D eigenvalue weighted by molar-refractivity contribution is -0.384. The highest BCUT2D eigenvalue weighted by Gasteiger charge is 2.15. The van der Waals surface area contributed by atoms with Gasteiger partial charge in [0.1, 0.15) is 0 Å². The van der Waals surface area contributed by atoms with Crippen LogP contribution in [0, 0.1) is 22.0 Å². The van der Waals surface area contributed by atoms with Crippen molar-refractivity contribution in [2.75, 3.05) is 44.7 Å². The van der Waals surface area contributed by atoms with E-state index in [9.17, 15) is 19.7 Å². The molecule has 0 aliphatic carbocycles. The standard InChI is InChI=1S/C50H92N4O6/c1-5-9-19-29-45(30-20-10-6-2)36-43-59-48(55)34-23-15-13-17-25-40-53(42-28-39-52-50-47(54(57)58)33-27-38-51-50)41-26-18-14-16-24-35-49(56)60-44-37-46(31-21-11-7-3)32-22-12-8-4/h27,33,38,45-46H,5-26,28-32,34-37,39-44H2,1-4H3,(H,51,52). The molecule has 1 aromatic rings. The van der Waals surface area contributed by atoms with E-state index in [4.69, 9.17) is 9.47 Å². The fourth-order valence-electron chi connectivity index (χ4n) is 8.22. The molecule has 0 aliphatic rings. The molecule has 0 aliphatic heterocycles. The second-order valence-electron chi connectivity index (χ2n) is 17.5. The molecule has 0 saturated heterocycles. The molecule has 348 valence electrons. The topological polar surface area (TPSA) is 124 Å². The van der Waals surface area contributed by atoms with Crippen LogP contribution >= 0.6 is 0 Å². The largest absolute Gasteiger partial charge is 0.466 e. The summed E-state index contributed by atoms with van der Waals surface area (Å²) in [6, 6.07) is 3.07. The van der Waals surface area contributed by atoms with Crippen molar-refractivity contribution in [1.29, 1.82) is 0 Å². The summed E-state index contributed by atoms with van der Waals surface area (Å²) in [5.41, 5.74) is 0.00405. The molecule has 0 unspecified atom stereocenters. The van der Waals surface area contributed by atoms with Gasteiger partial charge in [-0.05, 0) is 82.5 Å². The third-order valence-electron chi connectivity index (χ3n) is 12.1. The van der Waals surface area contributed by atoms with Gasteiger partial charge in [0.15, 0.2) is 0 Å². The lowest BCUT2D eigenvalue weighted by Gasteiger charge is -2.22. The van der Waals surface area contributed by atoms with Gasteiger partial charge in [0.05, 0.1) is 18.1 Å². The first-order chi connectivity index (χ1) is 29.3. The van der Waals surface area contributed by atoms with Gasteiger partial charge in [-0.25, -0.2) is 4.98 Å². The average Bonchev–Trinajstić information content (AvgIpc) is 3.24. The number of aromatic nitrogens is 1. The number of hydrogen-bond acceptors (Lipinski definition) is 9. The number of carbonyl (C=O) groups excluding carboxylic acids is 2. The van der Waals surface area contributed by atoms with Gasteiger partial charge in [-0.1, -0.05) is 169 Å². The van der Waals surface area contributed by atoms with Crippen molar-refractivity contribution < 1.29 is 24.0 Å². The van der Waals surface area contributed by atoms with Crippen molar-refractivity contribution in [3.8, 4) is 0 Å². The van der Waals surface area contributed by atoms with E-state index in [1.54, 1.807) is 12.3 Å². The molecule has 0 amide bonds. The van der Waals surface area contributed by atoms with Crippen LogP contribution in [0.3, 0.4) is 0 Å². The van der Waals surface area contributed by atoms with Crippen molar-refractivity contribution in [2.24, 2.45) is 11.8 Å². The first-order valence-corrected chi connectivity index (χ1v) is 25.2. The molecule has 0 fully saturated rings. The summed E-state index contributed by atoms with van der Waals surface area (Å²) in [4.78, 5) is 42.6. The summed E-state index contributed by atoms with van der Waals surface area (Å²) in [6.07, 6.45) is 36.4. The molecule has 0 radical (unpaired) electrons. The molecule has 60 heavy (non-hydrogen) atoms. The molecular weight excluding hydrogens is 753 g/mol. The predicted molar refractivity (Wildman–Crippen MR) is 251 cm³/mol. The number of nitrogens with one attached hydrogen (secondary N) is 1. The molecule has 0 spiro atoms. The summed E-state index contributed by atoms with van der Waals surface area (Å²) < 4.78 is 11.3. The van der Waals surface area contributed by atoms with Gasteiger partial charge >= 0.3 is 17.6 Å². The number of esters is 2. The minimum absolute atomic E-state index is 0.00405. The summed E-state index contributed by atoms with van der Waals surface area (Å²) in [6.45, 7) is 13.7. The molecule has 0 atom stereocenters. The van der Waals surface area contributed by atoms with Crippen molar-refractivity contribution in [2.45, 2.75) is 227 Å². The minimum atomic E-state index is -0.394. The Morgan fingerprint density at radius 1 is 0.600 bits per heavy atom. The van der Waals surface area contributed by atoms with Gasteiger partial charge in [0, 0.05) is 31.6 Å². The van der Waals surface area contributed by atoms with E-state index in [0.29, 0.717) is 50.3 Å². The summed E-state index contributed by atoms with van der Waals surface area (Å²) in [5, 5.41) is 14.6. The molecule has 0 aromatic carbocycles. The quantitative estimate of drug-likeness (QED) is 0.0296. The van der Waals surface area contributed by atoms with Crippen LogP contribution in [0.5, 0.6) is 0 Å². The highest BCUT2D eigenvalue weighted by Crippen LogP contribution is 2.23. The first-order valence-electron chi connectivity index (χ1n) is 25.2. The Hall–Kier alpha value is -2.75. The van der Waals surface area contributed by atoms with Gasteiger partial charge in [-0.15, -0.1) is 0 Å². The molecule has 1 N–H and O–H groups in total. The lowest BCUT2D eigenvalue weighted by atomic mass is 9.92. The van der Waals surface area contributed by atoms with E-state index < -0.39 is 4.92 Å². The Bertz CT molecular complexity index is 1090. The number of anilines is 1. The van der Waals surface area contributed by atoms with E-state index in [2.05, 4.69) is 42.9 Å². The number of carbonyl (C=O) groups is 2. The smallest absolute Gasteiger partial charge is 0.311 e.